The highest BCUT2D eigenvalue weighted by Crippen LogP contribution is 2.40. The van der Waals surface area contributed by atoms with Crippen molar-refractivity contribution in [3.63, 3.8) is 0 Å². The van der Waals surface area contributed by atoms with E-state index >= 15 is 0 Å². The summed E-state index contributed by atoms with van der Waals surface area (Å²) in [6, 6.07) is 21.9. The molecule has 2 heterocycles. The third-order valence-electron chi connectivity index (χ3n) is 7.73. The molecule has 2 aliphatic heterocycles. The number of Topliss-reactive ketones (excluding diaryl/α,β-unsaturated/α-hetero) is 1. The van der Waals surface area contributed by atoms with Crippen LogP contribution in [-0.4, -0.2) is 72.6 Å². The molecule has 1 amide bonds. The predicted molar refractivity (Wildman–Crippen MR) is 160 cm³/mol. The molecule has 0 radical (unpaired) electrons. The molecule has 0 spiro atoms. The maximum atomic E-state index is 13.5. The molecule has 0 aliphatic carbocycles. The van der Waals surface area contributed by atoms with Crippen LogP contribution in [0, 0.1) is 6.92 Å². The van der Waals surface area contributed by atoms with Crippen LogP contribution in [0.2, 0.25) is 0 Å². The molecule has 42 heavy (non-hydrogen) atoms. The van der Waals surface area contributed by atoms with E-state index in [-0.39, 0.29) is 11.3 Å². The van der Waals surface area contributed by atoms with Crippen molar-refractivity contribution in [2.75, 3.05) is 46.0 Å². The van der Waals surface area contributed by atoms with Gasteiger partial charge in [0.2, 0.25) is 0 Å². The Morgan fingerprint density at radius 2 is 1.64 bits per heavy atom. The van der Waals surface area contributed by atoms with Crippen LogP contribution in [0.5, 0.6) is 11.5 Å². The van der Waals surface area contributed by atoms with Gasteiger partial charge in [0.05, 0.1) is 31.4 Å². The van der Waals surface area contributed by atoms with E-state index in [9.17, 15) is 14.7 Å². The molecule has 0 aromatic heterocycles. The van der Waals surface area contributed by atoms with Gasteiger partial charge >= 0.3 is 0 Å². The van der Waals surface area contributed by atoms with E-state index in [1.807, 2.05) is 74.5 Å². The minimum absolute atomic E-state index is 0.0941. The number of likely N-dealkylation sites (tertiary alicyclic amines) is 1. The molecule has 220 valence electrons. The summed E-state index contributed by atoms with van der Waals surface area (Å²) in [6.07, 6.45) is 0.701. The first-order valence-electron chi connectivity index (χ1n) is 14.5. The molecule has 8 heteroatoms. The average molecular weight is 571 g/mol. The zero-order chi connectivity index (χ0) is 29.5. The Hall–Kier alpha value is -4.14. The van der Waals surface area contributed by atoms with Gasteiger partial charge in [0.1, 0.15) is 23.9 Å². The van der Waals surface area contributed by atoms with E-state index in [2.05, 4.69) is 4.90 Å². The number of nitrogens with zero attached hydrogens (tertiary/aromatic N) is 2. The lowest BCUT2D eigenvalue weighted by Crippen LogP contribution is -2.38. The fourth-order valence-corrected chi connectivity index (χ4v) is 5.54. The number of carbonyl (C=O) groups excluding carboxylic acids is 2. The van der Waals surface area contributed by atoms with E-state index in [4.69, 9.17) is 14.2 Å². The van der Waals surface area contributed by atoms with Gasteiger partial charge in [0.15, 0.2) is 0 Å². The SMILES string of the molecule is CCOc1ccc([C@@H]2/C(=C(\O)c3ccc(OCc4ccccc4)cc3C)C(=O)C(=O)N2CCCN2CCOCC2)cc1. The molecular weight excluding hydrogens is 532 g/mol. The number of morpholine rings is 1. The summed E-state index contributed by atoms with van der Waals surface area (Å²) in [5.41, 5.74) is 3.11. The quantitative estimate of drug-likeness (QED) is 0.195. The number of amides is 1. The van der Waals surface area contributed by atoms with Crippen LogP contribution in [-0.2, 0) is 20.9 Å². The fourth-order valence-electron chi connectivity index (χ4n) is 5.54. The minimum atomic E-state index is -0.709. The highest BCUT2D eigenvalue weighted by atomic mass is 16.5. The van der Waals surface area contributed by atoms with Crippen LogP contribution in [0.1, 0.15) is 41.6 Å². The van der Waals surface area contributed by atoms with Crippen LogP contribution in [0.4, 0.5) is 0 Å². The summed E-state index contributed by atoms with van der Waals surface area (Å²) in [6.45, 7) is 9.01. The summed E-state index contributed by atoms with van der Waals surface area (Å²) < 4.78 is 17.0. The molecule has 5 rings (SSSR count). The Morgan fingerprint density at radius 3 is 2.33 bits per heavy atom. The molecule has 2 fully saturated rings. The molecule has 2 saturated heterocycles. The monoisotopic (exact) mass is 570 g/mol. The van der Waals surface area contributed by atoms with Gasteiger partial charge in [0.25, 0.3) is 11.7 Å². The number of aliphatic hydroxyl groups excluding tert-OH is 1. The molecule has 0 unspecified atom stereocenters. The van der Waals surface area contributed by atoms with E-state index in [0.717, 1.165) is 36.3 Å². The fraction of sp³-hybridized carbons (Fsp3) is 0.353. The first kappa shape index (κ1) is 29.4. The smallest absolute Gasteiger partial charge is 0.295 e. The molecule has 0 saturated carbocycles. The number of carbonyl (C=O) groups is 2. The highest BCUT2D eigenvalue weighted by Gasteiger charge is 2.46. The predicted octanol–water partition coefficient (Wildman–Crippen LogP) is 5.12. The summed E-state index contributed by atoms with van der Waals surface area (Å²) in [4.78, 5) is 30.8. The van der Waals surface area contributed by atoms with Gasteiger partial charge < -0.3 is 24.2 Å². The largest absolute Gasteiger partial charge is 0.507 e. The van der Waals surface area contributed by atoms with Gasteiger partial charge in [0, 0.05) is 31.7 Å². The van der Waals surface area contributed by atoms with Crippen molar-refractivity contribution >= 4 is 17.4 Å². The van der Waals surface area contributed by atoms with Crippen molar-refractivity contribution in [3.05, 3.63) is 101 Å². The summed E-state index contributed by atoms with van der Waals surface area (Å²) in [5.74, 6) is -0.110. The lowest BCUT2D eigenvalue weighted by atomic mass is 9.93. The number of hydrogen-bond donors (Lipinski definition) is 1. The van der Waals surface area contributed by atoms with Gasteiger partial charge in [-0.3, -0.25) is 14.5 Å². The van der Waals surface area contributed by atoms with Crippen molar-refractivity contribution < 1.29 is 28.9 Å². The molecule has 8 nitrogen and oxygen atoms in total. The number of hydrogen-bond acceptors (Lipinski definition) is 7. The van der Waals surface area contributed by atoms with Crippen molar-refractivity contribution in [2.45, 2.75) is 32.9 Å². The van der Waals surface area contributed by atoms with Gasteiger partial charge in [-0.05, 0) is 67.3 Å². The molecule has 3 aromatic carbocycles. The second kappa shape index (κ2) is 13.7. The van der Waals surface area contributed by atoms with E-state index in [1.54, 1.807) is 17.0 Å². The third-order valence-corrected chi connectivity index (χ3v) is 7.73. The Kier molecular flexibility index (Phi) is 9.56. The second-order valence-corrected chi connectivity index (χ2v) is 10.6. The van der Waals surface area contributed by atoms with E-state index in [0.29, 0.717) is 56.5 Å². The molecule has 2 aliphatic rings. The standard InChI is InChI=1S/C34H38N2O6/c1-3-41-27-12-10-26(11-13-27)31-30(33(38)34(39)36(31)17-7-16-35-18-20-40-21-19-35)32(37)29-15-14-28(22-24(29)2)42-23-25-8-5-4-6-9-25/h4-6,8-15,22,31,37H,3,7,16-21,23H2,1-2H3/b32-30+/t31-/m1/s1. The van der Waals surface area contributed by atoms with Crippen molar-refractivity contribution in [1.82, 2.24) is 9.80 Å². The molecule has 3 aromatic rings. The molecule has 1 N–H and O–H groups in total. The maximum absolute atomic E-state index is 13.5. The van der Waals surface area contributed by atoms with Crippen LogP contribution >= 0.6 is 0 Å². The summed E-state index contributed by atoms with van der Waals surface area (Å²) >= 11 is 0. The lowest BCUT2D eigenvalue weighted by Gasteiger charge is -2.29. The van der Waals surface area contributed by atoms with E-state index in [1.165, 1.54) is 0 Å². The van der Waals surface area contributed by atoms with Crippen LogP contribution in [0.25, 0.3) is 5.76 Å². The van der Waals surface area contributed by atoms with Crippen LogP contribution < -0.4 is 9.47 Å². The Bertz CT molecular complexity index is 1410. The zero-order valence-electron chi connectivity index (χ0n) is 24.3. The Morgan fingerprint density at radius 1 is 0.929 bits per heavy atom. The molecule has 1 atom stereocenters. The number of rotatable bonds is 11. The number of ether oxygens (including phenoxy) is 3. The second-order valence-electron chi connectivity index (χ2n) is 10.6. The van der Waals surface area contributed by atoms with Crippen LogP contribution in [0.15, 0.2) is 78.4 Å². The highest BCUT2D eigenvalue weighted by molar-refractivity contribution is 6.46. The number of ketones is 1. The van der Waals surface area contributed by atoms with Crippen molar-refractivity contribution in [2.24, 2.45) is 0 Å². The van der Waals surface area contributed by atoms with Gasteiger partial charge in [-0.1, -0.05) is 42.5 Å². The van der Waals surface area contributed by atoms with E-state index < -0.39 is 17.7 Å². The number of aryl methyl sites for hydroxylation is 1. The topological polar surface area (TPSA) is 88.5 Å². The minimum Gasteiger partial charge on any atom is -0.507 e. The van der Waals surface area contributed by atoms with Gasteiger partial charge in [-0.2, -0.15) is 0 Å². The Labute approximate surface area is 247 Å². The summed E-state index contributed by atoms with van der Waals surface area (Å²) in [7, 11) is 0. The summed E-state index contributed by atoms with van der Waals surface area (Å²) in [5, 5.41) is 11.6. The number of benzene rings is 3. The van der Waals surface area contributed by atoms with Crippen molar-refractivity contribution in [3.8, 4) is 11.5 Å². The number of aliphatic hydroxyl groups is 1. The lowest BCUT2D eigenvalue weighted by molar-refractivity contribution is -0.140. The maximum Gasteiger partial charge on any atom is 0.295 e. The average Bonchev–Trinajstić information content (AvgIpc) is 3.26. The van der Waals surface area contributed by atoms with Crippen molar-refractivity contribution in [1.29, 1.82) is 0 Å². The van der Waals surface area contributed by atoms with Gasteiger partial charge in [-0.25, -0.2) is 0 Å². The first-order chi connectivity index (χ1) is 20.5. The zero-order valence-corrected chi connectivity index (χ0v) is 24.3. The molecule has 0 bridgehead atoms. The van der Waals surface area contributed by atoms with Crippen LogP contribution in [0.3, 0.4) is 0 Å². The normalized spacial score (nSPS) is 18.8. The van der Waals surface area contributed by atoms with Gasteiger partial charge in [-0.15, -0.1) is 0 Å². The Balaban J connectivity index is 1.43. The first-order valence-corrected chi connectivity index (χ1v) is 14.5. The molecular formula is C34H38N2O6. The third kappa shape index (κ3) is 6.66.